The molecule has 0 bridgehead atoms. The zero-order valence-electron chi connectivity index (χ0n) is 14.5. The van der Waals surface area contributed by atoms with E-state index in [1.54, 1.807) is 17.0 Å². The summed E-state index contributed by atoms with van der Waals surface area (Å²) in [5.74, 6) is -0.0818. The average Bonchev–Trinajstić information content (AvgIpc) is 3.32. The van der Waals surface area contributed by atoms with Gasteiger partial charge in [0.25, 0.3) is 5.91 Å². The molecule has 3 rings (SSSR count). The van der Waals surface area contributed by atoms with Crippen LogP contribution in [0.1, 0.15) is 42.6 Å². The van der Waals surface area contributed by atoms with E-state index >= 15 is 0 Å². The summed E-state index contributed by atoms with van der Waals surface area (Å²) in [5.41, 5.74) is 2.18. The molecule has 130 valence electrons. The van der Waals surface area contributed by atoms with E-state index in [4.69, 9.17) is 4.74 Å². The molecule has 1 aliphatic heterocycles. The third kappa shape index (κ3) is 4.06. The van der Waals surface area contributed by atoms with E-state index in [-0.39, 0.29) is 24.1 Å². The van der Waals surface area contributed by atoms with Crippen molar-refractivity contribution in [1.82, 2.24) is 10.2 Å². The Morgan fingerprint density at radius 3 is 2.46 bits per heavy atom. The highest BCUT2D eigenvalue weighted by atomic mass is 16.5. The van der Waals surface area contributed by atoms with Crippen molar-refractivity contribution in [3.05, 3.63) is 29.3 Å². The number of nitrogens with one attached hydrogen (secondary N) is 2. The van der Waals surface area contributed by atoms with Gasteiger partial charge in [0.2, 0.25) is 0 Å². The molecule has 1 aromatic carbocycles. The minimum absolute atomic E-state index is 0.0243. The summed E-state index contributed by atoms with van der Waals surface area (Å²) in [6.07, 6.45) is 2.15. The number of carbonyl (C=O) groups is 2. The second kappa shape index (κ2) is 6.81. The van der Waals surface area contributed by atoms with E-state index in [1.165, 1.54) is 0 Å². The average molecular weight is 331 g/mol. The minimum Gasteiger partial charge on any atom is -0.372 e. The molecule has 24 heavy (non-hydrogen) atoms. The summed E-state index contributed by atoms with van der Waals surface area (Å²) in [4.78, 5) is 26.5. The summed E-state index contributed by atoms with van der Waals surface area (Å²) in [6.45, 7) is 6.98. The SMILES string of the molecule is Cc1ccc(C(=O)NC2CC2)cc1NC(=O)N1C[C@@H](C)O[C@H](C)C1. The van der Waals surface area contributed by atoms with Gasteiger partial charge in [0, 0.05) is 30.4 Å². The van der Waals surface area contributed by atoms with Crippen LogP contribution in [-0.2, 0) is 4.74 Å². The van der Waals surface area contributed by atoms with Gasteiger partial charge in [0.05, 0.1) is 12.2 Å². The lowest BCUT2D eigenvalue weighted by Crippen LogP contribution is -2.49. The monoisotopic (exact) mass is 331 g/mol. The zero-order chi connectivity index (χ0) is 17.3. The highest BCUT2D eigenvalue weighted by Crippen LogP contribution is 2.22. The molecule has 0 unspecified atom stereocenters. The van der Waals surface area contributed by atoms with Crippen LogP contribution in [-0.4, -0.2) is 48.2 Å². The maximum absolute atomic E-state index is 12.5. The first-order valence-electron chi connectivity index (χ1n) is 8.55. The largest absolute Gasteiger partial charge is 0.372 e. The lowest BCUT2D eigenvalue weighted by atomic mass is 10.1. The molecule has 6 heteroatoms. The smallest absolute Gasteiger partial charge is 0.322 e. The first kappa shape index (κ1) is 16.8. The highest BCUT2D eigenvalue weighted by molar-refractivity contribution is 5.97. The number of hydrogen-bond donors (Lipinski definition) is 2. The number of rotatable bonds is 3. The molecule has 2 aliphatic rings. The molecule has 1 aromatic rings. The Kier molecular flexibility index (Phi) is 4.76. The molecule has 2 fully saturated rings. The second-order valence-corrected chi connectivity index (χ2v) is 6.87. The van der Waals surface area contributed by atoms with Crippen molar-refractivity contribution in [2.24, 2.45) is 0 Å². The topological polar surface area (TPSA) is 70.7 Å². The van der Waals surface area contributed by atoms with Crippen LogP contribution in [0.5, 0.6) is 0 Å². The Morgan fingerprint density at radius 2 is 1.83 bits per heavy atom. The van der Waals surface area contributed by atoms with Crippen LogP contribution < -0.4 is 10.6 Å². The molecule has 2 N–H and O–H groups in total. The predicted octanol–water partition coefficient (Wildman–Crippen LogP) is 2.53. The van der Waals surface area contributed by atoms with E-state index in [1.807, 2.05) is 26.8 Å². The summed E-state index contributed by atoms with van der Waals surface area (Å²) in [5, 5.41) is 5.90. The molecule has 0 radical (unpaired) electrons. The molecule has 1 saturated carbocycles. The summed E-state index contributed by atoms with van der Waals surface area (Å²) in [7, 11) is 0. The quantitative estimate of drug-likeness (QED) is 0.894. The third-order valence-corrected chi connectivity index (χ3v) is 4.36. The molecular formula is C18H25N3O3. The highest BCUT2D eigenvalue weighted by Gasteiger charge is 2.27. The molecule has 1 heterocycles. The van der Waals surface area contributed by atoms with Gasteiger partial charge < -0.3 is 20.3 Å². The predicted molar refractivity (Wildman–Crippen MR) is 92.3 cm³/mol. The lowest BCUT2D eigenvalue weighted by Gasteiger charge is -2.35. The molecule has 1 aliphatic carbocycles. The van der Waals surface area contributed by atoms with Crippen LogP contribution in [0.3, 0.4) is 0 Å². The van der Waals surface area contributed by atoms with E-state index in [0.29, 0.717) is 30.4 Å². The second-order valence-electron chi connectivity index (χ2n) is 6.87. The van der Waals surface area contributed by atoms with Crippen molar-refractivity contribution in [1.29, 1.82) is 0 Å². The first-order valence-corrected chi connectivity index (χ1v) is 8.55. The fourth-order valence-corrected chi connectivity index (χ4v) is 2.93. The Morgan fingerprint density at radius 1 is 1.17 bits per heavy atom. The Bertz CT molecular complexity index is 632. The number of ether oxygens (including phenoxy) is 1. The van der Waals surface area contributed by atoms with Crippen LogP contribution in [0.4, 0.5) is 10.5 Å². The molecule has 0 spiro atoms. The zero-order valence-corrected chi connectivity index (χ0v) is 14.5. The van der Waals surface area contributed by atoms with Gasteiger partial charge >= 0.3 is 6.03 Å². The fraction of sp³-hybridized carbons (Fsp3) is 0.556. The molecule has 2 atom stereocenters. The maximum atomic E-state index is 12.5. The van der Waals surface area contributed by atoms with Crippen LogP contribution >= 0.6 is 0 Å². The van der Waals surface area contributed by atoms with Crippen molar-refractivity contribution < 1.29 is 14.3 Å². The molecule has 0 aromatic heterocycles. The number of hydrogen-bond acceptors (Lipinski definition) is 3. The van der Waals surface area contributed by atoms with Gasteiger partial charge in [0.15, 0.2) is 0 Å². The van der Waals surface area contributed by atoms with Crippen LogP contribution in [0, 0.1) is 6.92 Å². The number of amides is 3. The number of nitrogens with zero attached hydrogens (tertiary/aromatic N) is 1. The van der Waals surface area contributed by atoms with E-state index in [2.05, 4.69) is 10.6 Å². The summed E-state index contributed by atoms with van der Waals surface area (Å²) in [6, 6.07) is 5.56. The van der Waals surface area contributed by atoms with Gasteiger partial charge in [-0.05, 0) is 51.3 Å². The van der Waals surface area contributed by atoms with Gasteiger partial charge in [0.1, 0.15) is 0 Å². The van der Waals surface area contributed by atoms with Gasteiger partial charge in [-0.15, -0.1) is 0 Å². The number of morpholine rings is 1. The minimum atomic E-state index is -0.153. The number of carbonyl (C=O) groups excluding carboxylic acids is 2. The van der Waals surface area contributed by atoms with Crippen molar-refractivity contribution in [2.75, 3.05) is 18.4 Å². The molecule has 3 amide bonds. The van der Waals surface area contributed by atoms with Crippen LogP contribution in [0.25, 0.3) is 0 Å². The van der Waals surface area contributed by atoms with Gasteiger partial charge in [-0.1, -0.05) is 6.07 Å². The Hall–Kier alpha value is -2.08. The third-order valence-electron chi connectivity index (χ3n) is 4.36. The van der Waals surface area contributed by atoms with Crippen LogP contribution in [0.15, 0.2) is 18.2 Å². The Balaban J connectivity index is 1.69. The number of anilines is 1. The van der Waals surface area contributed by atoms with Crippen molar-refractivity contribution in [2.45, 2.75) is 51.9 Å². The normalized spacial score (nSPS) is 23.7. The fourth-order valence-electron chi connectivity index (χ4n) is 2.93. The first-order chi connectivity index (χ1) is 11.4. The van der Waals surface area contributed by atoms with E-state index in [0.717, 1.165) is 18.4 Å². The molecule has 6 nitrogen and oxygen atoms in total. The molecule has 1 saturated heterocycles. The Labute approximate surface area is 142 Å². The van der Waals surface area contributed by atoms with E-state index in [9.17, 15) is 9.59 Å². The lowest BCUT2D eigenvalue weighted by molar-refractivity contribution is -0.0530. The number of aryl methyl sites for hydroxylation is 1. The number of urea groups is 1. The van der Waals surface area contributed by atoms with Gasteiger partial charge in [-0.25, -0.2) is 4.79 Å². The standard InChI is InChI=1S/C18H25N3O3/c1-11-4-5-14(17(22)19-15-6-7-15)8-16(11)20-18(23)21-9-12(2)24-13(3)10-21/h4-5,8,12-13,15H,6-7,9-10H2,1-3H3,(H,19,22)(H,20,23)/t12-,13-/m1/s1. The van der Waals surface area contributed by atoms with Crippen LogP contribution in [0.2, 0.25) is 0 Å². The summed E-state index contributed by atoms with van der Waals surface area (Å²) >= 11 is 0. The summed E-state index contributed by atoms with van der Waals surface area (Å²) < 4.78 is 5.66. The van der Waals surface area contributed by atoms with E-state index < -0.39 is 0 Å². The van der Waals surface area contributed by atoms with Gasteiger partial charge in [-0.2, -0.15) is 0 Å². The number of benzene rings is 1. The molecular weight excluding hydrogens is 306 g/mol. The van der Waals surface area contributed by atoms with Crippen molar-refractivity contribution in [3.63, 3.8) is 0 Å². The maximum Gasteiger partial charge on any atom is 0.322 e. The van der Waals surface area contributed by atoms with Crippen molar-refractivity contribution in [3.8, 4) is 0 Å². The van der Waals surface area contributed by atoms with Gasteiger partial charge in [-0.3, -0.25) is 4.79 Å². The van der Waals surface area contributed by atoms with Crippen molar-refractivity contribution >= 4 is 17.6 Å².